The lowest BCUT2D eigenvalue weighted by Gasteiger charge is -2.16. The molecule has 0 saturated carbocycles. The Morgan fingerprint density at radius 1 is 1.25 bits per heavy atom. The molecule has 0 aliphatic rings. The summed E-state index contributed by atoms with van der Waals surface area (Å²) in [6, 6.07) is 5.67. The van der Waals surface area contributed by atoms with Gasteiger partial charge in [-0.25, -0.2) is 0 Å². The number of para-hydroxylation sites is 1. The molecule has 3 nitrogen and oxygen atoms in total. The van der Waals surface area contributed by atoms with E-state index in [1.54, 1.807) is 6.07 Å². The zero-order valence-electron chi connectivity index (χ0n) is 13.1. The van der Waals surface area contributed by atoms with E-state index in [2.05, 4.69) is 19.2 Å². The molecule has 0 amide bonds. The van der Waals surface area contributed by atoms with Crippen LogP contribution in [-0.4, -0.2) is 18.3 Å². The summed E-state index contributed by atoms with van der Waals surface area (Å²) in [5.74, 6) is 1.57. The molecule has 0 aliphatic carbocycles. The van der Waals surface area contributed by atoms with E-state index in [0.29, 0.717) is 18.9 Å². The van der Waals surface area contributed by atoms with Crippen molar-refractivity contribution in [3.05, 3.63) is 23.8 Å². The third-order valence-corrected chi connectivity index (χ3v) is 3.67. The highest BCUT2D eigenvalue weighted by Crippen LogP contribution is 2.29. The van der Waals surface area contributed by atoms with Gasteiger partial charge in [-0.3, -0.25) is 0 Å². The molecule has 0 heterocycles. The van der Waals surface area contributed by atoms with Gasteiger partial charge in [-0.15, -0.1) is 0 Å². The van der Waals surface area contributed by atoms with Crippen LogP contribution in [0.5, 0.6) is 11.5 Å². The molecule has 2 N–H and O–H groups in total. The summed E-state index contributed by atoms with van der Waals surface area (Å²) >= 11 is 0. The Balaban J connectivity index is 2.46. The SMILES string of the molecule is CCCCC(CC)CNCc1cccc(OCC)c1O. The molecule has 1 rings (SSSR count). The molecular formula is C17H29NO2. The van der Waals surface area contributed by atoms with E-state index in [-0.39, 0.29) is 5.75 Å². The summed E-state index contributed by atoms with van der Waals surface area (Å²) in [4.78, 5) is 0. The molecule has 1 atom stereocenters. The van der Waals surface area contributed by atoms with Crippen LogP contribution in [0.4, 0.5) is 0 Å². The number of ether oxygens (including phenoxy) is 1. The lowest BCUT2D eigenvalue weighted by atomic mass is 9.99. The first-order valence-electron chi connectivity index (χ1n) is 7.87. The summed E-state index contributed by atoms with van der Waals surface area (Å²) in [5, 5.41) is 13.6. The Morgan fingerprint density at radius 3 is 2.70 bits per heavy atom. The van der Waals surface area contributed by atoms with E-state index in [1.807, 2.05) is 19.1 Å². The minimum atomic E-state index is 0.267. The van der Waals surface area contributed by atoms with Crippen LogP contribution in [0.2, 0.25) is 0 Å². The van der Waals surface area contributed by atoms with Crippen molar-refractivity contribution in [1.29, 1.82) is 0 Å². The summed E-state index contributed by atoms with van der Waals surface area (Å²) in [7, 11) is 0. The number of aromatic hydroxyl groups is 1. The highest BCUT2D eigenvalue weighted by atomic mass is 16.5. The predicted octanol–water partition coefficient (Wildman–Crippen LogP) is 4.10. The first kappa shape index (κ1) is 16.8. The van der Waals surface area contributed by atoms with Crippen molar-refractivity contribution in [1.82, 2.24) is 5.32 Å². The first-order chi connectivity index (χ1) is 9.72. The van der Waals surface area contributed by atoms with Gasteiger partial charge >= 0.3 is 0 Å². The van der Waals surface area contributed by atoms with Crippen LogP contribution in [0.25, 0.3) is 0 Å². The van der Waals surface area contributed by atoms with Gasteiger partial charge in [0.05, 0.1) is 6.61 Å². The number of benzene rings is 1. The number of hydrogen-bond acceptors (Lipinski definition) is 3. The fourth-order valence-corrected chi connectivity index (χ4v) is 2.34. The van der Waals surface area contributed by atoms with Crippen molar-refractivity contribution in [2.75, 3.05) is 13.2 Å². The summed E-state index contributed by atoms with van der Waals surface area (Å²) < 4.78 is 5.40. The van der Waals surface area contributed by atoms with E-state index in [1.165, 1.54) is 25.7 Å². The van der Waals surface area contributed by atoms with Gasteiger partial charge in [-0.2, -0.15) is 0 Å². The van der Waals surface area contributed by atoms with E-state index in [9.17, 15) is 5.11 Å². The quantitative estimate of drug-likeness (QED) is 0.677. The normalized spacial score (nSPS) is 12.3. The molecule has 114 valence electrons. The van der Waals surface area contributed by atoms with Gasteiger partial charge in [0.2, 0.25) is 0 Å². The van der Waals surface area contributed by atoms with Crippen molar-refractivity contribution in [3.8, 4) is 11.5 Å². The molecule has 0 saturated heterocycles. The second-order valence-electron chi connectivity index (χ2n) is 5.24. The van der Waals surface area contributed by atoms with Gasteiger partial charge < -0.3 is 15.2 Å². The average molecular weight is 279 g/mol. The zero-order valence-corrected chi connectivity index (χ0v) is 13.1. The minimum absolute atomic E-state index is 0.267. The van der Waals surface area contributed by atoms with Crippen LogP contribution in [0.1, 0.15) is 52.0 Å². The van der Waals surface area contributed by atoms with Crippen molar-refractivity contribution < 1.29 is 9.84 Å². The molecule has 1 aromatic rings. The highest BCUT2D eigenvalue weighted by molar-refractivity contribution is 5.45. The maximum Gasteiger partial charge on any atom is 0.162 e. The highest BCUT2D eigenvalue weighted by Gasteiger charge is 2.09. The molecule has 0 bridgehead atoms. The topological polar surface area (TPSA) is 41.5 Å². The third-order valence-electron chi connectivity index (χ3n) is 3.67. The van der Waals surface area contributed by atoms with Crippen LogP contribution in [0.3, 0.4) is 0 Å². The number of phenolic OH excluding ortho intramolecular Hbond substituents is 1. The van der Waals surface area contributed by atoms with Crippen molar-refractivity contribution in [2.24, 2.45) is 5.92 Å². The van der Waals surface area contributed by atoms with Gasteiger partial charge in [0.1, 0.15) is 0 Å². The second-order valence-corrected chi connectivity index (χ2v) is 5.24. The molecular weight excluding hydrogens is 250 g/mol. The van der Waals surface area contributed by atoms with Crippen LogP contribution in [0.15, 0.2) is 18.2 Å². The number of rotatable bonds is 10. The average Bonchev–Trinajstić information content (AvgIpc) is 2.46. The van der Waals surface area contributed by atoms with Crippen LogP contribution < -0.4 is 10.1 Å². The fourth-order valence-electron chi connectivity index (χ4n) is 2.34. The third kappa shape index (κ3) is 5.41. The van der Waals surface area contributed by atoms with Crippen molar-refractivity contribution >= 4 is 0 Å². The summed E-state index contributed by atoms with van der Waals surface area (Å²) in [5.41, 5.74) is 0.904. The van der Waals surface area contributed by atoms with E-state index >= 15 is 0 Å². The van der Waals surface area contributed by atoms with E-state index in [0.717, 1.165) is 18.0 Å². The smallest absolute Gasteiger partial charge is 0.162 e. The molecule has 3 heteroatoms. The standard InChI is InChI=1S/C17H29NO2/c1-4-7-9-14(5-2)12-18-13-15-10-8-11-16(17(15)19)20-6-3/h8,10-11,14,18-19H,4-7,9,12-13H2,1-3H3. The Morgan fingerprint density at radius 2 is 2.05 bits per heavy atom. The number of unbranched alkanes of at least 4 members (excludes halogenated alkanes) is 1. The Labute approximate surface area is 123 Å². The largest absolute Gasteiger partial charge is 0.504 e. The number of nitrogens with one attached hydrogen (secondary N) is 1. The van der Waals surface area contributed by atoms with Gasteiger partial charge in [0.25, 0.3) is 0 Å². The fraction of sp³-hybridized carbons (Fsp3) is 0.647. The monoisotopic (exact) mass is 279 g/mol. The molecule has 0 aliphatic heterocycles. The molecule has 1 unspecified atom stereocenters. The molecule has 0 aromatic heterocycles. The second kappa shape index (κ2) is 9.65. The van der Waals surface area contributed by atoms with Crippen molar-refractivity contribution in [2.45, 2.75) is 53.0 Å². The Bertz CT molecular complexity index is 379. The van der Waals surface area contributed by atoms with Crippen LogP contribution >= 0.6 is 0 Å². The molecule has 0 spiro atoms. The predicted molar refractivity (Wildman–Crippen MR) is 84.3 cm³/mol. The van der Waals surface area contributed by atoms with E-state index < -0.39 is 0 Å². The van der Waals surface area contributed by atoms with Crippen LogP contribution in [0, 0.1) is 5.92 Å². The van der Waals surface area contributed by atoms with Gasteiger partial charge in [0, 0.05) is 12.1 Å². The minimum Gasteiger partial charge on any atom is -0.504 e. The van der Waals surface area contributed by atoms with Crippen LogP contribution in [-0.2, 0) is 6.54 Å². The maximum atomic E-state index is 10.1. The van der Waals surface area contributed by atoms with Gasteiger partial charge in [-0.05, 0) is 31.9 Å². The lowest BCUT2D eigenvalue weighted by molar-refractivity contribution is 0.316. The van der Waals surface area contributed by atoms with Gasteiger partial charge in [-0.1, -0.05) is 45.2 Å². The van der Waals surface area contributed by atoms with Gasteiger partial charge in [0.15, 0.2) is 11.5 Å². The molecule has 0 fully saturated rings. The number of phenols is 1. The maximum absolute atomic E-state index is 10.1. The molecule has 0 radical (unpaired) electrons. The Kier molecular flexibility index (Phi) is 8.12. The lowest BCUT2D eigenvalue weighted by Crippen LogP contribution is -2.22. The number of hydrogen-bond donors (Lipinski definition) is 2. The van der Waals surface area contributed by atoms with Crippen molar-refractivity contribution in [3.63, 3.8) is 0 Å². The zero-order chi connectivity index (χ0) is 14.8. The summed E-state index contributed by atoms with van der Waals surface area (Å²) in [6.45, 7) is 8.67. The first-order valence-corrected chi connectivity index (χ1v) is 7.87. The molecule has 20 heavy (non-hydrogen) atoms. The molecule has 1 aromatic carbocycles. The van der Waals surface area contributed by atoms with E-state index in [4.69, 9.17) is 4.74 Å². The Hall–Kier alpha value is -1.22. The summed E-state index contributed by atoms with van der Waals surface area (Å²) in [6.07, 6.45) is 5.04.